The molecule has 0 fully saturated rings. The summed E-state index contributed by atoms with van der Waals surface area (Å²) in [7, 11) is 0. The third kappa shape index (κ3) is 3.15. The number of nitrogen functional groups attached to an aromatic ring is 1. The van der Waals surface area contributed by atoms with Crippen LogP contribution in [0, 0.1) is 6.92 Å². The van der Waals surface area contributed by atoms with Crippen LogP contribution in [0.2, 0.25) is 0 Å². The third-order valence-electron chi connectivity index (χ3n) is 4.10. The van der Waals surface area contributed by atoms with Crippen LogP contribution in [0.3, 0.4) is 0 Å². The smallest absolute Gasteiger partial charge is 0.221 e. The summed E-state index contributed by atoms with van der Waals surface area (Å²) in [6.07, 6.45) is 3.35. The summed E-state index contributed by atoms with van der Waals surface area (Å²) < 4.78 is 7.47. The number of nitrogens with zero attached hydrogens (tertiary/aromatic N) is 3. The summed E-state index contributed by atoms with van der Waals surface area (Å²) in [5.41, 5.74) is 10.0. The van der Waals surface area contributed by atoms with Crippen LogP contribution < -0.4 is 5.73 Å². The number of anilines is 1. The summed E-state index contributed by atoms with van der Waals surface area (Å²) in [5, 5.41) is 4.44. The zero-order chi connectivity index (χ0) is 17.9. The molecule has 0 bridgehead atoms. The van der Waals surface area contributed by atoms with Gasteiger partial charge in [-0.3, -0.25) is 0 Å². The fraction of sp³-hybridized carbons (Fsp3) is 0.0476. The first-order valence-corrected chi connectivity index (χ1v) is 8.30. The Bertz CT molecular complexity index is 1040. The van der Waals surface area contributed by atoms with Crippen molar-refractivity contribution < 1.29 is 4.42 Å². The van der Waals surface area contributed by atoms with Gasteiger partial charge in [0.1, 0.15) is 11.5 Å². The minimum Gasteiger partial charge on any atom is -0.455 e. The molecule has 128 valence electrons. The quantitative estimate of drug-likeness (QED) is 0.552. The van der Waals surface area contributed by atoms with E-state index >= 15 is 0 Å². The lowest BCUT2D eigenvalue weighted by Crippen LogP contribution is -1.99. The number of imidazole rings is 1. The highest BCUT2D eigenvalue weighted by atomic mass is 16.3. The Balaban J connectivity index is 1.62. The van der Waals surface area contributed by atoms with Crippen molar-refractivity contribution in [1.82, 2.24) is 9.66 Å². The minimum absolute atomic E-state index is 0.324. The van der Waals surface area contributed by atoms with E-state index in [2.05, 4.69) is 29.1 Å². The highest BCUT2D eigenvalue weighted by molar-refractivity contribution is 5.78. The molecule has 0 unspecified atom stereocenters. The van der Waals surface area contributed by atoms with E-state index in [9.17, 15) is 0 Å². The van der Waals surface area contributed by atoms with Crippen LogP contribution in [0.4, 0.5) is 5.95 Å². The number of benzene rings is 2. The lowest BCUT2D eigenvalue weighted by Gasteiger charge is -2.03. The lowest BCUT2D eigenvalue weighted by molar-refractivity contribution is 0.574. The van der Waals surface area contributed by atoms with E-state index in [1.54, 1.807) is 17.1 Å². The van der Waals surface area contributed by atoms with Crippen LogP contribution in [0.25, 0.3) is 22.6 Å². The predicted molar refractivity (Wildman–Crippen MR) is 104 cm³/mol. The molecule has 0 aliphatic carbocycles. The van der Waals surface area contributed by atoms with Crippen molar-refractivity contribution >= 4 is 12.2 Å². The zero-order valence-corrected chi connectivity index (χ0v) is 14.3. The molecular weight excluding hydrogens is 324 g/mol. The van der Waals surface area contributed by atoms with Crippen LogP contribution in [-0.4, -0.2) is 15.9 Å². The Labute approximate surface area is 151 Å². The van der Waals surface area contributed by atoms with E-state index < -0.39 is 0 Å². The monoisotopic (exact) mass is 342 g/mol. The number of nitrogens with two attached hydrogens (primary N) is 1. The van der Waals surface area contributed by atoms with Gasteiger partial charge in [0.15, 0.2) is 0 Å². The van der Waals surface area contributed by atoms with Crippen molar-refractivity contribution in [3.63, 3.8) is 0 Å². The average Bonchev–Trinajstić information content (AvgIpc) is 3.28. The molecule has 0 aliphatic rings. The standard InChI is InChI=1S/C21H18N4O/c1-15-7-9-17(10-8-15)20-12-11-18(26-20)13-24-25-19(14-23-21(25)22)16-5-3-2-4-6-16/h2-14H,1H3,(H2,22,23). The van der Waals surface area contributed by atoms with Gasteiger partial charge in [-0.15, -0.1) is 0 Å². The maximum absolute atomic E-state index is 5.96. The van der Waals surface area contributed by atoms with Crippen LogP contribution in [0.1, 0.15) is 11.3 Å². The van der Waals surface area contributed by atoms with E-state index in [1.165, 1.54) is 5.56 Å². The minimum atomic E-state index is 0.324. The second-order valence-electron chi connectivity index (χ2n) is 5.99. The van der Waals surface area contributed by atoms with Gasteiger partial charge in [0.05, 0.1) is 18.1 Å². The maximum atomic E-state index is 5.96. The summed E-state index contributed by atoms with van der Waals surface area (Å²) in [6, 6.07) is 21.9. The summed E-state index contributed by atoms with van der Waals surface area (Å²) in [6.45, 7) is 2.06. The number of aryl methyl sites for hydroxylation is 1. The molecule has 0 atom stereocenters. The Morgan fingerprint density at radius 3 is 2.50 bits per heavy atom. The van der Waals surface area contributed by atoms with Crippen molar-refractivity contribution in [2.45, 2.75) is 6.92 Å². The molecule has 0 radical (unpaired) electrons. The molecule has 2 aromatic carbocycles. The fourth-order valence-electron chi connectivity index (χ4n) is 2.70. The second kappa shape index (κ2) is 6.72. The Hall–Kier alpha value is -3.60. The van der Waals surface area contributed by atoms with Gasteiger partial charge in [0.2, 0.25) is 5.95 Å². The van der Waals surface area contributed by atoms with Gasteiger partial charge >= 0.3 is 0 Å². The maximum Gasteiger partial charge on any atom is 0.221 e. The molecule has 4 aromatic rings. The molecule has 0 amide bonds. The van der Waals surface area contributed by atoms with E-state index in [4.69, 9.17) is 10.2 Å². The van der Waals surface area contributed by atoms with Crippen molar-refractivity contribution in [3.05, 3.63) is 84.3 Å². The Morgan fingerprint density at radius 1 is 0.962 bits per heavy atom. The Kier molecular flexibility index (Phi) is 4.11. The van der Waals surface area contributed by atoms with Gasteiger partial charge in [-0.1, -0.05) is 60.2 Å². The van der Waals surface area contributed by atoms with Crippen molar-refractivity contribution in [3.8, 4) is 22.6 Å². The van der Waals surface area contributed by atoms with Gasteiger partial charge in [-0.2, -0.15) is 9.78 Å². The zero-order valence-electron chi connectivity index (χ0n) is 14.3. The molecule has 5 nitrogen and oxygen atoms in total. The first-order valence-electron chi connectivity index (χ1n) is 8.30. The fourth-order valence-corrected chi connectivity index (χ4v) is 2.70. The molecule has 0 saturated carbocycles. The van der Waals surface area contributed by atoms with E-state index in [1.807, 2.05) is 54.6 Å². The average molecular weight is 342 g/mol. The molecular formula is C21H18N4O. The SMILES string of the molecule is Cc1ccc(-c2ccc(C=Nn3c(-c4ccccc4)cnc3N)o2)cc1. The topological polar surface area (TPSA) is 69.3 Å². The number of hydrogen-bond acceptors (Lipinski definition) is 4. The lowest BCUT2D eigenvalue weighted by atomic mass is 10.1. The number of aromatic nitrogens is 2. The normalized spacial score (nSPS) is 11.3. The number of hydrogen-bond donors (Lipinski definition) is 1. The van der Waals surface area contributed by atoms with Crippen molar-refractivity contribution in [2.24, 2.45) is 5.10 Å². The molecule has 2 heterocycles. The first-order chi connectivity index (χ1) is 12.7. The third-order valence-corrected chi connectivity index (χ3v) is 4.10. The molecule has 0 saturated heterocycles. The van der Waals surface area contributed by atoms with Gasteiger partial charge in [0, 0.05) is 11.1 Å². The molecule has 2 aromatic heterocycles. The second-order valence-corrected chi connectivity index (χ2v) is 5.99. The van der Waals surface area contributed by atoms with Crippen LogP contribution in [-0.2, 0) is 0 Å². The molecule has 0 aliphatic heterocycles. The first kappa shape index (κ1) is 15.9. The summed E-state index contributed by atoms with van der Waals surface area (Å²) in [5.74, 6) is 1.77. The number of furan rings is 1. The van der Waals surface area contributed by atoms with Crippen molar-refractivity contribution in [1.29, 1.82) is 0 Å². The van der Waals surface area contributed by atoms with Gasteiger partial charge in [-0.25, -0.2) is 4.98 Å². The molecule has 26 heavy (non-hydrogen) atoms. The highest BCUT2D eigenvalue weighted by Gasteiger charge is 2.09. The van der Waals surface area contributed by atoms with Crippen molar-refractivity contribution in [2.75, 3.05) is 5.73 Å². The molecule has 0 spiro atoms. The highest BCUT2D eigenvalue weighted by Crippen LogP contribution is 2.23. The largest absolute Gasteiger partial charge is 0.455 e. The van der Waals surface area contributed by atoms with E-state index in [-0.39, 0.29) is 0 Å². The van der Waals surface area contributed by atoms with Gasteiger partial charge in [-0.05, 0) is 19.1 Å². The van der Waals surface area contributed by atoms with E-state index in [0.29, 0.717) is 11.7 Å². The molecule has 4 rings (SSSR count). The number of rotatable bonds is 4. The van der Waals surface area contributed by atoms with E-state index in [0.717, 1.165) is 22.6 Å². The molecule has 5 heteroatoms. The van der Waals surface area contributed by atoms with Crippen LogP contribution >= 0.6 is 0 Å². The predicted octanol–water partition coefficient (Wildman–Crippen LogP) is 4.58. The van der Waals surface area contributed by atoms with Gasteiger partial charge < -0.3 is 10.2 Å². The molecule has 2 N–H and O–H groups in total. The van der Waals surface area contributed by atoms with Crippen LogP contribution in [0.15, 0.2) is 82.4 Å². The summed E-state index contributed by atoms with van der Waals surface area (Å²) >= 11 is 0. The summed E-state index contributed by atoms with van der Waals surface area (Å²) in [4.78, 5) is 4.16. The Morgan fingerprint density at radius 2 is 1.73 bits per heavy atom. The van der Waals surface area contributed by atoms with Gasteiger partial charge in [0.25, 0.3) is 0 Å². The van der Waals surface area contributed by atoms with Crippen LogP contribution in [0.5, 0.6) is 0 Å².